The molecule has 0 aliphatic rings. The highest BCUT2D eigenvalue weighted by molar-refractivity contribution is 7.92. The summed E-state index contributed by atoms with van der Waals surface area (Å²) in [5.74, 6) is -0.0845. The summed E-state index contributed by atoms with van der Waals surface area (Å²) in [5, 5.41) is 16.6. The van der Waals surface area contributed by atoms with Gasteiger partial charge in [0.1, 0.15) is 4.90 Å². The smallest absolute Gasteiger partial charge is 0.277 e. The number of hydrogen-bond donors (Lipinski definition) is 2. The van der Waals surface area contributed by atoms with E-state index in [0.717, 1.165) is 4.80 Å². The fraction of sp³-hybridized carbons (Fsp3) is 0.200. The first kappa shape index (κ1) is 9.58. The molecule has 0 saturated carbocycles. The van der Waals surface area contributed by atoms with E-state index in [1.807, 2.05) is 0 Å². The Morgan fingerprint density at radius 3 is 2.87 bits per heavy atom. The summed E-state index contributed by atoms with van der Waals surface area (Å²) in [7, 11) is -2.15. The van der Waals surface area contributed by atoms with E-state index in [-0.39, 0.29) is 10.8 Å². The van der Waals surface area contributed by atoms with Gasteiger partial charge in [-0.3, -0.25) is 5.10 Å². The van der Waals surface area contributed by atoms with E-state index in [4.69, 9.17) is 0 Å². The van der Waals surface area contributed by atoms with Crippen LogP contribution in [0.15, 0.2) is 17.3 Å². The second-order valence-corrected chi connectivity index (χ2v) is 4.32. The minimum absolute atomic E-state index is 0.00922. The average Bonchev–Trinajstić information content (AvgIpc) is 2.75. The number of aryl methyl sites for hydroxylation is 1. The molecule has 0 spiro atoms. The summed E-state index contributed by atoms with van der Waals surface area (Å²) < 4.78 is 25.3. The number of sulfonamides is 1. The summed E-state index contributed by atoms with van der Waals surface area (Å²) in [6.07, 6.45) is 2.43. The molecular formula is C5H7N7O2S. The highest BCUT2D eigenvalue weighted by atomic mass is 32.2. The van der Waals surface area contributed by atoms with Gasteiger partial charge in [-0.15, -0.1) is 5.10 Å². The number of aromatic amines is 1. The van der Waals surface area contributed by atoms with Gasteiger partial charge >= 0.3 is 0 Å². The van der Waals surface area contributed by atoms with Crippen molar-refractivity contribution in [1.82, 2.24) is 30.4 Å². The molecule has 9 nitrogen and oxygen atoms in total. The van der Waals surface area contributed by atoms with Crippen LogP contribution in [0.5, 0.6) is 0 Å². The second kappa shape index (κ2) is 3.31. The Morgan fingerprint density at radius 2 is 2.33 bits per heavy atom. The van der Waals surface area contributed by atoms with Gasteiger partial charge < -0.3 is 0 Å². The maximum absolute atomic E-state index is 11.6. The van der Waals surface area contributed by atoms with Crippen LogP contribution in [0.4, 0.5) is 5.95 Å². The molecule has 0 amide bonds. The first-order valence-corrected chi connectivity index (χ1v) is 5.32. The number of tetrazole rings is 1. The van der Waals surface area contributed by atoms with Crippen LogP contribution in [-0.4, -0.2) is 38.8 Å². The number of aromatic nitrogens is 6. The van der Waals surface area contributed by atoms with Crippen molar-refractivity contribution in [2.45, 2.75) is 4.90 Å². The summed E-state index contributed by atoms with van der Waals surface area (Å²) in [4.78, 5) is 1.16. The third-order valence-corrected chi connectivity index (χ3v) is 2.81. The molecule has 80 valence electrons. The van der Waals surface area contributed by atoms with Crippen molar-refractivity contribution in [2.24, 2.45) is 7.05 Å². The van der Waals surface area contributed by atoms with E-state index < -0.39 is 10.0 Å². The zero-order valence-corrected chi connectivity index (χ0v) is 8.43. The number of hydrogen-bond acceptors (Lipinski definition) is 6. The fourth-order valence-electron chi connectivity index (χ4n) is 0.890. The maximum Gasteiger partial charge on any atom is 0.277 e. The summed E-state index contributed by atoms with van der Waals surface area (Å²) in [5.41, 5.74) is 0. The molecule has 2 N–H and O–H groups in total. The van der Waals surface area contributed by atoms with Crippen molar-refractivity contribution < 1.29 is 8.42 Å². The zero-order chi connectivity index (χ0) is 10.9. The molecule has 0 saturated heterocycles. The van der Waals surface area contributed by atoms with Gasteiger partial charge in [0.25, 0.3) is 16.0 Å². The molecule has 2 heterocycles. The van der Waals surface area contributed by atoms with E-state index in [1.54, 1.807) is 0 Å². The van der Waals surface area contributed by atoms with Crippen LogP contribution in [0, 0.1) is 0 Å². The molecule has 0 aliphatic heterocycles. The summed E-state index contributed by atoms with van der Waals surface area (Å²) in [6, 6.07) is 0. The van der Waals surface area contributed by atoms with E-state index in [2.05, 4.69) is 30.3 Å². The lowest BCUT2D eigenvalue weighted by atomic mass is 10.7. The Morgan fingerprint density at radius 1 is 1.53 bits per heavy atom. The first-order chi connectivity index (χ1) is 7.08. The van der Waals surface area contributed by atoms with Crippen molar-refractivity contribution >= 4 is 16.0 Å². The van der Waals surface area contributed by atoms with Crippen LogP contribution in [0.2, 0.25) is 0 Å². The second-order valence-electron chi connectivity index (χ2n) is 2.64. The Balaban J connectivity index is 2.26. The Hall–Kier alpha value is -1.97. The molecule has 15 heavy (non-hydrogen) atoms. The lowest BCUT2D eigenvalue weighted by Crippen LogP contribution is -2.13. The molecule has 0 unspecified atom stereocenters. The van der Waals surface area contributed by atoms with Crippen LogP contribution >= 0.6 is 0 Å². The van der Waals surface area contributed by atoms with Crippen LogP contribution in [0.25, 0.3) is 0 Å². The molecule has 0 aromatic carbocycles. The third-order valence-electron chi connectivity index (χ3n) is 1.52. The molecule has 0 radical (unpaired) electrons. The van der Waals surface area contributed by atoms with Gasteiger partial charge in [-0.05, 0) is 5.21 Å². The molecule has 2 aromatic rings. The van der Waals surface area contributed by atoms with Crippen LogP contribution < -0.4 is 4.72 Å². The number of anilines is 1. The minimum atomic E-state index is -3.68. The SMILES string of the molecule is Cn1nnc(NS(=O)(=O)c2cn[nH]c2)n1. The summed E-state index contributed by atoms with van der Waals surface area (Å²) in [6.45, 7) is 0. The molecule has 0 fully saturated rings. The quantitative estimate of drug-likeness (QED) is 0.677. The van der Waals surface area contributed by atoms with Crippen LogP contribution in [0.3, 0.4) is 0 Å². The van der Waals surface area contributed by atoms with Gasteiger partial charge in [0, 0.05) is 6.20 Å². The first-order valence-electron chi connectivity index (χ1n) is 3.83. The standard InChI is InChI=1S/C5H7N7O2S/c1-12-9-5(8-11-12)10-15(13,14)4-2-6-7-3-4/h2-3H,1H3,(H,6,7)(H,9,10). The molecule has 2 aromatic heterocycles. The highest BCUT2D eigenvalue weighted by Crippen LogP contribution is 2.09. The highest BCUT2D eigenvalue weighted by Gasteiger charge is 2.17. The monoisotopic (exact) mass is 229 g/mol. The zero-order valence-electron chi connectivity index (χ0n) is 7.62. The Bertz CT molecular complexity index is 542. The van der Waals surface area contributed by atoms with E-state index in [1.165, 1.54) is 19.4 Å². The molecule has 0 atom stereocenters. The normalized spacial score (nSPS) is 11.5. The number of rotatable bonds is 3. The van der Waals surface area contributed by atoms with Crippen LogP contribution in [0.1, 0.15) is 0 Å². The van der Waals surface area contributed by atoms with E-state index in [0.29, 0.717) is 0 Å². The number of nitrogens with zero attached hydrogens (tertiary/aromatic N) is 5. The number of nitrogens with one attached hydrogen (secondary N) is 2. The van der Waals surface area contributed by atoms with Crippen LogP contribution in [-0.2, 0) is 17.1 Å². The molecular weight excluding hydrogens is 222 g/mol. The molecule has 0 aliphatic carbocycles. The van der Waals surface area contributed by atoms with Crippen molar-refractivity contribution in [3.05, 3.63) is 12.4 Å². The van der Waals surface area contributed by atoms with Crippen molar-refractivity contribution in [1.29, 1.82) is 0 Å². The topological polar surface area (TPSA) is 118 Å². The van der Waals surface area contributed by atoms with Gasteiger partial charge in [0.05, 0.1) is 13.2 Å². The molecule has 0 bridgehead atoms. The number of H-pyrrole nitrogens is 1. The molecule has 10 heteroatoms. The van der Waals surface area contributed by atoms with Crippen molar-refractivity contribution in [3.8, 4) is 0 Å². The fourth-order valence-corrected chi connectivity index (χ4v) is 1.73. The van der Waals surface area contributed by atoms with Gasteiger partial charge in [-0.25, -0.2) is 13.1 Å². The van der Waals surface area contributed by atoms with E-state index >= 15 is 0 Å². The average molecular weight is 229 g/mol. The lowest BCUT2D eigenvalue weighted by molar-refractivity contribution is 0.600. The lowest BCUT2D eigenvalue weighted by Gasteiger charge is -1.99. The van der Waals surface area contributed by atoms with Crippen molar-refractivity contribution in [2.75, 3.05) is 4.72 Å². The predicted molar refractivity (Wildman–Crippen MR) is 48.2 cm³/mol. The van der Waals surface area contributed by atoms with Gasteiger partial charge in [-0.2, -0.15) is 9.90 Å². The third kappa shape index (κ3) is 1.93. The minimum Gasteiger partial charge on any atom is -0.284 e. The largest absolute Gasteiger partial charge is 0.284 e. The Labute approximate surface area is 84.5 Å². The maximum atomic E-state index is 11.6. The summed E-state index contributed by atoms with van der Waals surface area (Å²) >= 11 is 0. The van der Waals surface area contributed by atoms with Gasteiger partial charge in [-0.1, -0.05) is 5.10 Å². The van der Waals surface area contributed by atoms with Gasteiger partial charge in [0.2, 0.25) is 0 Å². The van der Waals surface area contributed by atoms with E-state index in [9.17, 15) is 8.42 Å². The predicted octanol–water partition coefficient (Wildman–Crippen LogP) is -1.27. The molecule has 2 rings (SSSR count). The van der Waals surface area contributed by atoms with Gasteiger partial charge in [0.15, 0.2) is 0 Å². The van der Waals surface area contributed by atoms with Crippen molar-refractivity contribution in [3.63, 3.8) is 0 Å². The Kier molecular flexibility index (Phi) is 2.11.